The van der Waals surface area contributed by atoms with Gasteiger partial charge >= 0.3 is 0 Å². The highest BCUT2D eigenvalue weighted by atomic mass is 16.5. The average molecular weight is 268 g/mol. The van der Waals surface area contributed by atoms with Crippen molar-refractivity contribution in [2.24, 2.45) is 0 Å². The van der Waals surface area contributed by atoms with Crippen molar-refractivity contribution >= 4 is 5.78 Å². The van der Waals surface area contributed by atoms with Crippen LogP contribution in [0.25, 0.3) is 0 Å². The van der Waals surface area contributed by atoms with Gasteiger partial charge in [-0.2, -0.15) is 0 Å². The molecule has 0 aliphatic rings. The Morgan fingerprint density at radius 2 is 1.80 bits per heavy atom. The second-order valence-electron chi connectivity index (χ2n) is 4.72. The molecule has 0 heterocycles. The Bertz CT molecular complexity index is 573. The summed E-state index contributed by atoms with van der Waals surface area (Å²) in [6.45, 7) is 4.84. The SMILES string of the molecule is CCCOc1ccc(C(=O)c2ccccc2)c(CC)c1. The van der Waals surface area contributed by atoms with E-state index >= 15 is 0 Å². The van der Waals surface area contributed by atoms with E-state index in [2.05, 4.69) is 13.8 Å². The fourth-order valence-corrected chi connectivity index (χ4v) is 2.14. The minimum absolute atomic E-state index is 0.0736. The molecule has 2 rings (SSSR count). The van der Waals surface area contributed by atoms with Crippen LogP contribution in [-0.4, -0.2) is 12.4 Å². The zero-order valence-electron chi connectivity index (χ0n) is 12.1. The Hall–Kier alpha value is -2.09. The molecule has 0 amide bonds. The van der Waals surface area contributed by atoms with E-state index in [4.69, 9.17) is 4.74 Å². The Labute approximate surface area is 120 Å². The molecule has 0 saturated heterocycles. The second-order valence-corrected chi connectivity index (χ2v) is 4.72. The Morgan fingerprint density at radius 3 is 2.45 bits per heavy atom. The van der Waals surface area contributed by atoms with Crippen LogP contribution in [-0.2, 0) is 6.42 Å². The van der Waals surface area contributed by atoms with Crippen LogP contribution >= 0.6 is 0 Å². The van der Waals surface area contributed by atoms with E-state index in [1.54, 1.807) is 0 Å². The third-order valence-corrected chi connectivity index (χ3v) is 3.21. The van der Waals surface area contributed by atoms with Gasteiger partial charge in [-0.15, -0.1) is 0 Å². The van der Waals surface area contributed by atoms with Gasteiger partial charge in [-0.3, -0.25) is 4.79 Å². The number of hydrogen-bond donors (Lipinski definition) is 0. The van der Waals surface area contributed by atoms with E-state index in [0.717, 1.165) is 35.3 Å². The van der Waals surface area contributed by atoms with Crippen LogP contribution < -0.4 is 4.74 Å². The first-order valence-corrected chi connectivity index (χ1v) is 7.11. The molecule has 2 aromatic rings. The number of ketones is 1. The Morgan fingerprint density at radius 1 is 1.05 bits per heavy atom. The number of rotatable bonds is 6. The van der Waals surface area contributed by atoms with Crippen molar-refractivity contribution in [1.29, 1.82) is 0 Å². The molecule has 0 atom stereocenters. The topological polar surface area (TPSA) is 26.3 Å². The predicted molar refractivity (Wildman–Crippen MR) is 81.5 cm³/mol. The van der Waals surface area contributed by atoms with E-state index in [1.165, 1.54) is 0 Å². The number of aryl methyl sites for hydroxylation is 1. The van der Waals surface area contributed by atoms with Crippen molar-refractivity contribution in [1.82, 2.24) is 0 Å². The van der Waals surface area contributed by atoms with Crippen LogP contribution in [0.4, 0.5) is 0 Å². The molecule has 2 aromatic carbocycles. The molecule has 0 aliphatic heterocycles. The van der Waals surface area contributed by atoms with Gasteiger partial charge in [0.2, 0.25) is 0 Å². The third-order valence-electron chi connectivity index (χ3n) is 3.21. The van der Waals surface area contributed by atoms with Crippen molar-refractivity contribution < 1.29 is 9.53 Å². The first-order chi connectivity index (χ1) is 9.76. The summed E-state index contributed by atoms with van der Waals surface area (Å²) >= 11 is 0. The average Bonchev–Trinajstić information content (AvgIpc) is 2.52. The second kappa shape index (κ2) is 6.90. The summed E-state index contributed by atoms with van der Waals surface area (Å²) in [6, 6.07) is 15.1. The summed E-state index contributed by atoms with van der Waals surface area (Å²) in [7, 11) is 0. The molecule has 0 aromatic heterocycles. The minimum atomic E-state index is 0.0736. The number of carbonyl (C=O) groups excluding carboxylic acids is 1. The minimum Gasteiger partial charge on any atom is -0.494 e. The molecular weight excluding hydrogens is 248 g/mol. The quantitative estimate of drug-likeness (QED) is 0.731. The zero-order valence-corrected chi connectivity index (χ0v) is 12.1. The monoisotopic (exact) mass is 268 g/mol. The van der Waals surface area contributed by atoms with E-state index < -0.39 is 0 Å². The highest BCUT2D eigenvalue weighted by molar-refractivity contribution is 6.10. The molecule has 2 heteroatoms. The summed E-state index contributed by atoms with van der Waals surface area (Å²) in [5, 5.41) is 0. The normalized spacial score (nSPS) is 10.3. The summed E-state index contributed by atoms with van der Waals surface area (Å²) in [6.07, 6.45) is 1.80. The van der Waals surface area contributed by atoms with Crippen molar-refractivity contribution in [2.45, 2.75) is 26.7 Å². The number of hydrogen-bond acceptors (Lipinski definition) is 2. The van der Waals surface area contributed by atoms with Crippen LogP contribution in [0.1, 0.15) is 41.8 Å². The summed E-state index contributed by atoms with van der Waals surface area (Å²) in [4.78, 5) is 12.5. The summed E-state index contributed by atoms with van der Waals surface area (Å²) < 4.78 is 5.63. The third kappa shape index (κ3) is 3.27. The molecule has 2 nitrogen and oxygen atoms in total. The van der Waals surface area contributed by atoms with Crippen LogP contribution in [0.5, 0.6) is 5.75 Å². The van der Waals surface area contributed by atoms with E-state index in [9.17, 15) is 4.79 Å². The molecule has 0 spiro atoms. The largest absolute Gasteiger partial charge is 0.494 e. The first-order valence-electron chi connectivity index (χ1n) is 7.11. The van der Waals surface area contributed by atoms with Gasteiger partial charge in [0.05, 0.1) is 6.61 Å². The molecule has 0 unspecified atom stereocenters. The molecule has 20 heavy (non-hydrogen) atoms. The lowest BCUT2D eigenvalue weighted by Crippen LogP contribution is -2.06. The van der Waals surface area contributed by atoms with E-state index in [1.807, 2.05) is 48.5 Å². The molecule has 0 saturated carbocycles. The molecule has 0 aliphatic carbocycles. The molecule has 0 bridgehead atoms. The van der Waals surface area contributed by atoms with Gasteiger partial charge in [0.1, 0.15) is 5.75 Å². The fourth-order valence-electron chi connectivity index (χ4n) is 2.14. The molecule has 0 fully saturated rings. The van der Waals surface area contributed by atoms with Crippen LogP contribution in [0.2, 0.25) is 0 Å². The van der Waals surface area contributed by atoms with Crippen molar-refractivity contribution in [3.8, 4) is 5.75 Å². The molecule has 0 N–H and O–H groups in total. The number of carbonyl (C=O) groups is 1. The van der Waals surface area contributed by atoms with Crippen molar-refractivity contribution in [3.05, 3.63) is 65.2 Å². The number of benzene rings is 2. The Balaban J connectivity index is 2.30. The van der Waals surface area contributed by atoms with Gasteiger partial charge in [-0.25, -0.2) is 0 Å². The molecular formula is C18H20O2. The van der Waals surface area contributed by atoms with Crippen LogP contribution in [0, 0.1) is 0 Å². The zero-order chi connectivity index (χ0) is 14.4. The lowest BCUT2D eigenvalue weighted by Gasteiger charge is -2.11. The van der Waals surface area contributed by atoms with Gasteiger partial charge in [-0.05, 0) is 36.6 Å². The van der Waals surface area contributed by atoms with E-state index in [-0.39, 0.29) is 5.78 Å². The maximum Gasteiger partial charge on any atom is 0.193 e. The van der Waals surface area contributed by atoms with Gasteiger partial charge < -0.3 is 4.74 Å². The predicted octanol–water partition coefficient (Wildman–Crippen LogP) is 4.27. The van der Waals surface area contributed by atoms with Gasteiger partial charge in [-0.1, -0.05) is 44.2 Å². The van der Waals surface area contributed by atoms with Crippen LogP contribution in [0.15, 0.2) is 48.5 Å². The van der Waals surface area contributed by atoms with Crippen molar-refractivity contribution in [3.63, 3.8) is 0 Å². The van der Waals surface area contributed by atoms with E-state index in [0.29, 0.717) is 6.61 Å². The van der Waals surface area contributed by atoms with Gasteiger partial charge in [0.15, 0.2) is 5.78 Å². The lowest BCUT2D eigenvalue weighted by atomic mass is 9.97. The smallest absolute Gasteiger partial charge is 0.193 e. The van der Waals surface area contributed by atoms with Crippen LogP contribution in [0.3, 0.4) is 0 Å². The summed E-state index contributed by atoms with van der Waals surface area (Å²) in [5.41, 5.74) is 2.53. The van der Waals surface area contributed by atoms with Gasteiger partial charge in [0, 0.05) is 11.1 Å². The highest BCUT2D eigenvalue weighted by Crippen LogP contribution is 2.21. The molecule has 0 radical (unpaired) electrons. The maximum atomic E-state index is 12.5. The number of ether oxygens (including phenoxy) is 1. The highest BCUT2D eigenvalue weighted by Gasteiger charge is 2.13. The lowest BCUT2D eigenvalue weighted by molar-refractivity contribution is 0.103. The maximum absolute atomic E-state index is 12.5. The van der Waals surface area contributed by atoms with Gasteiger partial charge in [0.25, 0.3) is 0 Å². The Kier molecular flexibility index (Phi) is 4.94. The standard InChI is InChI=1S/C18H20O2/c1-3-12-20-16-10-11-17(14(4-2)13-16)18(19)15-8-6-5-7-9-15/h5-11,13H,3-4,12H2,1-2H3. The first kappa shape index (κ1) is 14.3. The molecule has 104 valence electrons. The summed E-state index contributed by atoms with van der Waals surface area (Å²) in [5.74, 6) is 0.915. The van der Waals surface area contributed by atoms with Crippen molar-refractivity contribution in [2.75, 3.05) is 6.61 Å². The fraction of sp³-hybridized carbons (Fsp3) is 0.278.